The number of hydrogen-bond acceptors (Lipinski definition) is 2. The van der Waals surface area contributed by atoms with E-state index in [1.807, 2.05) is 6.92 Å². The highest BCUT2D eigenvalue weighted by molar-refractivity contribution is 5.09. The zero-order chi connectivity index (χ0) is 11.3. The van der Waals surface area contributed by atoms with Crippen LogP contribution in [0, 0.1) is 5.82 Å². The van der Waals surface area contributed by atoms with E-state index in [2.05, 4.69) is 30.2 Å². The molecule has 0 saturated carbocycles. The zero-order valence-corrected chi connectivity index (χ0v) is 9.42. The normalized spacial score (nSPS) is 12.3. The maximum Gasteiger partial charge on any atom is 0.141 e. The minimum atomic E-state index is -0.296. The number of allylic oxidation sites excluding steroid dienone is 1. The third-order valence-electron chi connectivity index (χ3n) is 2.13. The van der Waals surface area contributed by atoms with Crippen molar-refractivity contribution in [3.8, 4) is 0 Å². The summed E-state index contributed by atoms with van der Waals surface area (Å²) in [6, 6.07) is 3.28. The fourth-order valence-corrected chi connectivity index (χ4v) is 1.19. The summed E-state index contributed by atoms with van der Waals surface area (Å²) < 4.78 is 12.6. The average molecular weight is 208 g/mol. The Balaban J connectivity index is 2.50. The van der Waals surface area contributed by atoms with Gasteiger partial charge in [-0.05, 0) is 32.9 Å². The lowest BCUT2D eigenvalue weighted by Gasteiger charge is -2.11. The van der Waals surface area contributed by atoms with Gasteiger partial charge in [0.05, 0.1) is 11.9 Å². The molecule has 1 heterocycles. The van der Waals surface area contributed by atoms with Gasteiger partial charge in [0.15, 0.2) is 0 Å². The van der Waals surface area contributed by atoms with E-state index >= 15 is 0 Å². The van der Waals surface area contributed by atoms with E-state index in [0.717, 1.165) is 12.2 Å². The van der Waals surface area contributed by atoms with Gasteiger partial charge in [-0.25, -0.2) is 4.39 Å². The smallest absolute Gasteiger partial charge is 0.141 e. The topological polar surface area (TPSA) is 24.9 Å². The van der Waals surface area contributed by atoms with Gasteiger partial charge in [-0.15, -0.1) is 0 Å². The summed E-state index contributed by atoms with van der Waals surface area (Å²) in [6.07, 6.45) is 3.36. The molecular weight excluding hydrogens is 191 g/mol. The number of aromatic nitrogens is 1. The van der Waals surface area contributed by atoms with Crippen molar-refractivity contribution in [2.24, 2.45) is 0 Å². The third kappa shape index (κ3) is 4.21. The number of nitrogens with zero attached hydrogens (tertiary/aromatic N) is 1. The van der Waals surface area contributed by atoms with Gasteiger partial charge in [-0.2, -0.15) is 0 Å². The summed E-state index contributed by atoms with van der Waals surface area (Å²) in [5, 5.41) is 3.29. The average Bonchev–Trinajstić information content (AvgIpc) is 2.18. The van der Waals surface area contributed by atoms with Gasteiger partial charge in [-0.3, -0.25) is 4.98 Å². The second-order valence-corrected chi connectivity index (χ2v) is 3.81. The maximum absolute atomic E-state index is 12.6. The van der Waals surface area contributed by atoms with Gasteiger partial charge in [0.25, 0.3) is 0 Å². The van der Waals surface area contributed by atoms with Crippen molar-refractivity contribution in [3.63, 3.8) is 0 Å². The highest BCUT2D eigenvalue weighted by Gasteiger charge is 2.04. The van der Waals surface area contributed by atoms with E-state index in [0.29, 0.717) is 0 Å². The molecule has 1 aromatic rings. The molecule has 0 aliphatic carbocycles. The molecule has 0 aromatic carbocycles. The van der Waals surface area contributed by atoms with Gasteiger partial charge in [0.2, 0.25) is 0 Å². The molecule has 0 radical (unpaired) electrons. The Morgan fingerprint density at radius 3 is 2.80 bits per heavy atom. The maximum atomic E-state index is 12.6. The van der Waals surface area contributed by atoms with Crippen molar-refractivity contribution < 1.29 is 4.39 Å². The van der Waals surface area contributed by atoms with Crippen LogP contribution in [0.4, 0.5) is 4.39 Å². The molecule has 0 amide bonds. The van der Waals surface area contributed by atoms with Crippen molar-refractivity contribution in [2.45, 2.75) is 26.8 Å². The van der Waals surface area contributed by atoms with Gasteiger partial charge in [0.1, 0.15) is 5.82 Å². The van der Waals surface area contributed by atoms with Crippen molar-refractivity contribution in [1.82, 2.24) is 10.3 Å². The Morgan fingerprint density at radius 2 is 2.27 bits per heavy atom. The SMILES string of the molecule is CC(C)=CCNC(C)c1ccc(F)cn1. The minimum Gasteiger partial charge on any atom is -0.305 e. The summed E-state index contributed by atoms with van der Waals surface area (Å²) in [7, 11) is 0. The zero-order valence-electron chi connectivity index (χ0n) is 9.42. The summed E-state index contributed by atoms with van der Waals surface area (Å²) >= 11 is 0. The number of nitrogens with one attached hydrogen (secondary N) is 1. The molecule has 0 bridgehead atoms. The van der Waals surface area contributed by atoms with Crippen LogP contribution in [0.15, 0.2) is 30.0 Å². The highest BCUT2D eigenvalue weighted by Crippen LogP contribution is 2.08. The lowest BCUT2D eigenvalue weighted by molar-refractivity contribution is 0.584. The van der Waals surface area contributed by atoms with Crippen molar-refractivity contribution >= 4 is 0 Å². The molecule has 15 heavy (non-hydrogen) atoms. The second-order valence-electron chi connectivity index (χ2n) is 3.81. The van der Waals surface area contributed by atoms with Crippen LogP contribution in [0.1, 0.15) is 32.5 Å². The summed E-state index contributed by atoms with van der Waals surface area (Å²) in [5.74, 6) is -0.296. The monoisotopic (exact) mass is 208 g/mol. The number of pyridine rings is 1. The molecule has 0 saturated heterocycles. The molecule has 1 unspecified atom stereocenters. The van der Waals surface area contributed by atoms with E-state index in [4.69, 9.17) is 0 Å². The number of halogens is 1. The molecule has 1 rings (SSSR count). The van der Waals surface area contributed by atoms with Gasteiger partial charge in [-0.1, -0.05) is 11.6 Å². The van der Waals surface area contributed by atoms with E-state index in [-0.39, 0.29) is 11.9 Å². The number of rotatable bonds is 4. The van der Waals surface area contributed by atoms with Gasteiger partial charge < -0.3 is 5.32 Å². The minimum absolute atomic E-state index is 0.140. The van der Waals surface area contributed by atoms with Crippen molar-refractivity contribution in [2.75, 3.05) is 6.54 Å². The molecule has 2 nitrogen and oxygen atoms in total. The van der Waals surface area contributed by atoms with Crippen LogP contribution in [-0.2, 0) is 0 Å². The fourth-order valence-electron chi connectivity index (χ4n) is 1.19. The van der Waals surface area contributed by atoms with Crippen LogP contribution in [-0.4, -0.2) is 11.5 Å². The summed E-state index contributed by atoms with van der Waals surface area (Å²) in [4.78, 5) is 4.02. The third-order valence-corrected chi connectivity index (χ3v) is 2.13. The van der Waals surface area contributed by atoms with Crippen molar-refractivity contribution in [1.29, 1.82) is 0 Å². The molecule has 3 heteroatoms. The highest BCUT2D eigenvalue weighted by atomic mass is 19.1. The van der Waals surface area contributed by atoms with Crippen LogP contribution in [0.3, 0.4) is 0 Å². The predicted molar refractivity (Wildman–Crippen MR) is 60.0 cm³/mol. The van der Waals surface area contributed by atoms with Crippen LogP contribution < -0.4 is 5.32 Å². The Labute approximate surface area is 90.2 Å². The van der Waals surface area contributed by atoms with E-state index < -0.39 is 0 Å². The molecule has 1 atom stereocenters. The van der Waals surface area contributed by atoms with Gasteiger partial charge in [0, 0.05) is 12.6 Å². The first kappa shape index (κ1) is 11.9. The molecule has 0 aliphatic heterocycles. The van der Waals surface area contributed by atoms with E-state index in [1.165, 1.54) is 17.8 Å². The van der Waals surface area contributed by atoms with E-state index in [9.17, 15) is 4.39 Å². The Kier molecular flexibility index (Phi) is 4.43. The fraction of sp³-hybridized carbons (Fsp3) is 0.417. The standard InChI is InChI=1S/C12H17FN2/c1-9(2)6-7-14-10(3)12-5-4-11(13)8-15-12/h4-6,8,10,14H,7H2,1-3H3. The molecule has 0 fully saturated rings. The summed E-state index contributed by atoms with van der Waals surface area (Å²) in [5.41, 5.74) is 2.14. The summed E-state index contributed by atoms with van der Waals surface area (Å²) in [6.45, 7) is 6.94. The number of hydrogen-bond donors (Lipinski definition) is 1. The predicted octanol–water partition coefficient (Wildman–Crippen LogP) is 2.84. The first-order valence-corrected chi connectivity index (χ1v) is 5.08. The molecule has 1 N–H and O–H groups in total. The quantitative estimate of drug-likeness (QED) is 0.770. The first-order chi connectivity index (χ1) is 7.09. The Hall–Kier alpha value is -1.22. The second kappa shape index (κ2) is 5.61. The van der Waals surface area contributed by atoms with Crippen molar-refractivity contribution in [3.05, 3.63) is 41.5 Å². The molecule has 0 aliphatic rings. The van der Waals surface area contributed by atoms with E-state index in [1.54, 1.807) is 6.07 Å². The molecule has 0 spiro atoms. The Morgan fingerprint density at radius 1 is 1.53 bits per heavy atom. The lowest BCUT2D eigenvalue weighted by atomic mass is 10.2. The van der Waals surface area contributed by atoms with Crippen LogP contribution in [0.25, 0.3) is 0 Å². The van der Waals surface area contributed by atoms with Crippen LogP contribution in [0.5, 0.6) is 0 Å². The Bertz CT molecular complexity index is 326. The molecular formula is C12H17FN2. The van der Waals surface area contributed by atoms with Crippen LogP contribution in [0.2, 0.25) is 0 Å². The first-order valence-electron chi connectivity index (χ1n) is 5.08. The molecule has 1 aromatic heterocycles. The largest absolute Gasteiger partial charge is 0.305 e. The van der Waals surface area contributed by atoms with Crippen LogP contribution >= 0.6 is 0 Å². The van der Waals surface area contributed by atoms with Gasteiger partial charge >= 0.3 is 0 Å². The molecule has 82 valence electrons. The lowest BCUT2D eigenvalue weighted by Crippen LogP contribution is -2.19.